The lowest BCUT2D eigenvalue weighted by Crippen LogP contribution is -2.57. The van der Waals surface area contributed by atoms with E-state index in [1.165, 1.54) is 12.0 Å². The third-order valence-electron chi connectivity index (χ3n) is 5.57. The molecule has 2 aliphatic heterocycles. The average molecular weight is 461 g/mol. The van der Waals surface area contributed by atoms with Crippen LogP contribution >= 0.6 is 0 Å². The molecule has 9 nitrogen and oxygen atoms in total. The number of aliphatic hydroxyl groups is 1. The SMILES string of the molecule is COCCOC(=O)[C@]12CO[C@H](C(C)(C)C)N1C(=O)C(C(C)=NCCOc1ccccc1)=C2O. The van der Waals surface area contributed by atoms with Gasteiger partial charge in [-0.25, -0.2) is 4.79 Å². The standard InChI is InChI=1S/C24H32N2O7/c1-16(25-11-12-31-17-9-7-6-8-10-17)18-19(27)24(22(29)32-14-13-30-5)15-33-21(23(2,3)4)26(24)20(18)28/h6-10,21,27H,11-15H2,1-5H3/t21-,24-/m1/s1. The summed E-state index contributed by atoms with van der Waals surface area (Å²) in [5.74, 6) is -0.953. The lowest BCUT2D eigenvalue weighted by atomic mass is 9.91. The quantitative estimate of drug-likeness (QED) is 0.343. The largest absolute Gasteiger partial charge is 0.508 e. The van der Waals surface area contributed by atoms with Gasteiger partial charge in [-0.3, -0.25) is 14.7 Å². The molecular weight excluding hydrogens is 428 g/mol. The number of rotatable bonds is 9. The highest BCUT2D eigenvalue weighted by molar-refractivity contribution is 6.25. The van der Waals surface area contributed by atoms with Crippen LogP contribution in [0.4, 0.5) is 0 Å². The molecule has 180 valence electrons. The number of para-hydroxylation sites is 1. The first kappa shape index (κ1) is 24.7. The van der Waals surface area contributed by atoms with Gasteiger partial charge in [0.15, 0.2) is 0 Å². The van der Waals surface area contributed by atoms with Crippen molar-refractivity contribution in [2.24, 2.45) is 10.4 Å². The molecule has 3 rings (SSSR count). The average Bonchev–Trinajstić information content (AvgIpc) is 3.28. The molecule has 0 unspecified atom stereocenters. The van der Waals surface area contributed by atoms with Crippen molar-refractivity contribution >= 4 is 17.6 Å². The van der Waals surface area contributed by atoms with Crippen LogP contribution in [-0.2, 0) is 23.8 Å². The number of carbonyl (C=O) groups is 2. The fourth-order valence-corrected chi connectivity index (χ4v) is 3.96. The Bertz CT molecular complexity index is 936. The predicted octanol–water partition coefficient (Wildman–Crippen LogP) is 2.51. The minimum absolute atomic E-state index is 0.00375. The van der Waals surface area contributed by atoms with Gasteiger partial charge in [0.05, 0.1) is 19.8 Å². The van der Waals surface area contributed by atoms with Crippen molar-refractivity contribution in [2.45, 2.75) is 39.5 Å². The number of ether oxygens (including phenoxy) is 4. The van der Waals surface area contributed by atoms with Crippen LogP contribution in [0.15, 0.2) is 46.7 Å². The van der Waals surface area contributed by atoms with Gasteiger partial charge in [-0.1, -0.05) is 39.0 Å². The fourth-order valence-electron chi connectivity index (χ4n) is 3.96. The smallest absolute Gasteiger partial charge is 0.342 e. The minimum Gasteiger partial charge on any atom is -0.508 e. The highest BCUT2D eigenvalue weighted by atomic mass is 16.6. The Morgan fingerprint density at radius 1 is 1.24 bits per heavy atom. The van der Waals surface area contributed by atoms with E-state index in [1.807, 2.05) is 51.1 Å². The van der Waals surface area contributed by atoms with Crippen LogP contribution in [0.2, 0.25) is 0 Å². The summed E-state index contributed by atoms with van der Waals surface area (Å²) in [5, 5.41) is 11.2. The van der Waals surface area contributed by atoms with Crippen molar-refractivity contribution in [3.8, 4) is 5.75 Å². The van der Waals surface area contributed by atoms with Crippen LogP contribution in [-0.4, -0.2) is 79.4 Å². The summed E-state index contributed by atoms with van der Waals surface area (Å²) in [5.41, 5.74) is -1.93. The maximum absolute atomic E-state index is 13.5. The molecule has 1 N–H and O–H groups in total. The van der Waals surface area contributed by atoms with Crippen molar-refractivity contribution in [3.63, 3.8) is 0 Å². The van der Waals surface area contributed by atoms with E-state index in [0.29, 0.717) is 18.1 Å². The highest BCUT2D eigenvalue weighted by Crippen LogP contribution is 2.46. The zero-order chi connectivity index (χ0) is 24.2. The number of carbonyl (C=O) groups excluding carboxylic acids is 2. The van der Waals surface area contributed by atoms with Gasteiger partial charge in [-0.2, -0.15) is 0 Å². The number of aliphatic hydroxyl groups excluding tert-OH is 1. The van der Waals surface area contributed by atoms with Gasteiger partial charge < -0.3 is 24.1 Å². The summed E-state index contributed by atoms with van der Waals surface area (Å²) in [6, 6.07) is 9.32. The monoisotopic (exact) mass is 460 g/mol. The summed E-state index contributed by atoms with van der Waals surface area (Å²) in [7, 11) is 1.49. The van der Waals surface area contributed by atoms with Crippen molar-refractivity contribution in [1.82, 2.24) is 4.90 Å². The van der Waals surface area contributed by atoms with Crippen LogP contribution in [0.25, 0.3) is 0 Å². The van der Waals surface area contributed by atoms with Crippen molar-refractivity contribution in [2.75, 3.05) is 40.1 Å². The second kappa shape index (κ2) is 9.93. The molecule has 0 radical (unpaired) electrons. The number of hydrogen-bond acceptors (Lipinski definition) is 8. The van der Waals surface area contributed by atoms with Gasteiger partial charge in [-0.15, -0.1) is 0 Å². The second-order valence-electron chi connectivity index (χ2n) is 9.05. The van der Waals surface area contributed by atoms with Crippen LogP contribution in [0.3, 0.4) is 0 Å². The molecule has 33 heavy (non-hydrogen) atoms. The Balaban J connectivity index is 1.85. The Labute approximate surface area is 194 Å². The Morgan fingerprint density at radius 2 is 1.94 bits per heavy atom. The molecule has 9 heteroatoms. The van der Waals surface area contributed by atoms with Gasteiger partial charge >= 0.3 is 5.97 Å². The lowest BCUT2D eigenvalue weighted by molar-refractivity contribution is -0.161. The first-order valence-corrected chi connectivity index (χ1v) is 10.9. The summed E-state index contributed by atoms with van der Waals surface area (Å²) >= 11 is 0. The van der Waals surface area contributed by atoms with E-state index < -0.39 is 34.8 Å². The molecule has 2 atom stereocenters. The number of esters is 1. The van der Waals surface area contributed by atoms with E-state index in [2.05, 4.69) is 4.99 Å². The van der Waals surface area contributed by atoms with Crippen LogP contribution in [0, 0.1) is 5.41 Å². The molecule has 0 bridgehead atoms. The molecule has 0 aromatic heterocycles. The Hall–Kier alpha value is -2.91. The summed E-state index contributed by atoms with van der Waals surface area (Å²) < 4.78 is 21.8. The van der Waals surface area contributed by atoms with Crippen LogP contribution < -0.4 is 4.74 Å². The summed E-state index contributed by atoms with van der Waals surface area (Å²) in [6.07, 6.45) is -0.728. The highest BCUT2D eigenvalue weighted by Gasteiger charge is 2.67. The summed E-state index contributed by atoms with van der Waals surface area (Å²) in [4.78, 5) is 32.3. The Morgan fingerprint density at radius 3 is 2.58 bits per heavy atom. The zero-order valence-corrected chi connectivity index (χ0v) is 19.8. The molecule has 0 spiro atoms. The van der Waals surface area contributed by atoms with Gasteiger partial charge in [0.25, 0.3) is 5.91 Å². The second-order valence-corrected chi connectivity index (χ2v) is 9.05. The van der Waals surface area contributed by atoms with Gasteiger partial charge in [0, 0.05) is 18.2 Å². The molecule has 1 aromatic carbocycles. The Kier molecular flexibility index (Phi) is 7.44. The number of aliphatic imine (C=N–C) groups is 1. The maximum atomic E-state index is 13.5. The van der Waals surface area contributed by atoms with Gasteiger partial charge in [0.2, 0.25) is 5.54 Å². The predicted molar refractivity (Wildman–Crippen MR) is 121 cm³/mol. The topological polar surface area (TPSA) is 107 Å². The van der Waals surface area contributed by atoms with E-state index >= 15 is 0 Å². The van der Waals surface area contributed by atoms with E-state index in [-0.39, 0.29) is 31.9 Å². The summed E-state index contributed by atoms with van der Waals surface area (Å²) in [6.45, 7) is 7.87. The number of nitrogens with zero attached hydrogens (tertiary/aromatic N) is 2. The first-order valence-electron chi connectivity index (χ1n) is 10.9. The van der Waals surface area contributed by atoms with Crippen LogP contribution in [0.5, 0.6) is 5.75 Å². The number of hydrogen-bond donors (Lipinski definition) is 1. The molecule has 2 aliphatic rings. The molecule has 0 aliphatic carbocycles. The molecule has 1 amide bonds. The fraction of sp³-hybridized carbons (Fsp3) is 0.542. The molecule has 0 saturated carbocycles. The van der Waals surface area contributed by atoms with Crippen molar-refractivity contribution in [1.29, 1.82) is 0 Å². The first-order chi connectivity index (χ1) is 15.6. The van der Waals surface area contributed by atoms with Gasteiger partial charge in [-0.05, 0) is 19.1 Å². The molecular formula is C24H32N2O7. The van der Waals surface area contributed by atoms with Gasteiger partial charge in [0.1, 0.15) is 36.5 Å². The van der Waals surface area contributed by atoms with Crippen molar-refractivity contribution < 1.29 is 33.6 Å². The molecule has 1 aromatic rings. The van der Waals surface area contributed by atoms with E-state index in [1.54, 1.807) is 6.92 Å². The molecule has 2 heterocycles. The zero-order valence-electron chi connectivity index (χ0n) is 19.8. The number of benzene rings is 1. The van der Waals surface area contributed by atoms with Crippen LogP contribution in [0.1, 0.15) is 27.7 Å². The van der Waals surface area contributed by atoms with E-state index in [9.17, 15) is 14.7 Å². The molecule has 1 saturated heterocycles. The lowest BCUT2D eigenvalue weighted by Gasteiger charge is -2.36. The third kappa shape index (κ3) is 4.74. The minimum atomic E-state index is -1.74. The van der Waals surface area contributed by atoms with Crippen molar-refractivity contribution in [3.05, 3.63) is 41.7 Å². The number of amides is 1. The normalized spacial score (nSPS) is 23.2. The maximum Gasteiger partial charge on any atom is 0.342 e. The van der Waals surface area contributed by atoms with E-state index in [0.717, 1.165) is 0 Å². The number of fused-ring (bicyclic) bond motifs is 1. The number of methoxy groups -OCH3 is 1. The molecule has 1 fully saturated rings. The van der Waals surface area contributed by atoms with E-state index in [4.69, 9.17) is 18.9 Å². The third-order valence-corrected chi connectivity index (χ3v) is 5.57.